The molecule has 0 saturated heterocycles. The summed E-state index contributed by atoms with van der Waals surface area (Å²) in [6, 6.07) is 9.38. The van der Waals surface area contributed by atoms with Crippen LogP contribution in [0.5, 0.6) is 11.5 Å². The number of ether oxygens (including phenoxy) is 2. The summed E-state index contributed by atoms with van der Waals surface area (Å²) >= 11 is 3.42. The number of hydrazine groups is 1. The van der Waals surface area contributed by atoms with E-state index in [4.69, 9.17) is 15.3 Å². The van der Waals surface area contributed by atoms with Crippen molar-refractivity contribution in [1.29, 1.82) is 0 Å². The van der Waals surface area contributed by atoms with Gasteiger partial charge in [0.05, 0.1) is 20.3 Å². The van der Waals surface area contributed by atoms with Crippen LogP contribution in [-0.4, -0.2) is 14.2 Å². The maximum Gasteiger partial charge on any atom is 0.124 e. The fraction of sp³-hybridized carbons (Fsp3) is 0.200. The average molecular weight is 355 g/mol. The minimum atomic E-state index is -0.444. The zero-order chi connectivity index (χ0) is 15.4. The quantitative estimate of drug-likeness (QED) is 0.639. The van der Waals surface area contributed by atoms with Crippen LogP contribution in [0.15, 0.2) is 40.9 Å². The first-order chi connectivity index (χ1) is 10.1. The smallest absolute Gasteiger partial charge is 0.124 e. The van der Waals surface area contributed by atoms with Gasteiger partial charge in [0.1, 0.15) is 17.3 Å². The first-order valence-corrected chi connectivity index (χ1v) is 7.03. The van der Waals surface area contributed by atoms with Crippen molar-refractivity contribution in [3.8, 4) is 11.5 Å². The molecule has 0 saturated carbocycles. The molecule has 2 rings (SSSR count). The summed E-state index contributed by atoms with van der Waals surface area (Å²) in [5.74, 6) is 6.64. The van der Waals surface area contributed by atoms with E-state index in [2.05, 4.69) is 21.4 Å². The maximum absolute atomic E-state index is 13.5. The lowest BCUT2D eigenvalue weighted by Crippen LogP contribution is -2.29. The van der Waals surface area contributed by atoms with Crippen LogP contribution in [0.2, 0.25) is 0 Å². The highest BCUT2D eigenvalue weighted by molar-refractivity contribution is 9.10. The summed E-state index contributed by atoms with van der Waals surface area (Å²) in [6.45, 7) is 0. The summed E-state index contributed by atoms with van der Waals surface area (Å²) in [6.07, 6.45) is 0. The molecule has 0 heterocycles. The molecule has 1 unspecified atom stereocenters. The van der Waals surface area contributed by atoms with Crippen molar-refractivity contribution in [2.24, 2.45) is 5.84 Å². The predicted molar refractivity (Wildman–Crippen MR) is 82.8 cm³/mol. The number of halogens is 2. The van der Waals surface area contributed by atoms with E-state index in [1.165, 1.54) is 12.1 Å². The molecule has 0 aromatic heterocycles. The monoisotopic (exact) mass is 354 g/mol. The van der Waals surface area contributed by atoms with E-state index >= 15 is 0 Å². The lowest BCUT2D eigenvalue weighted by molar-refractivity contribution is 0.394. The van der Waals surface area contributed by atoms with Gasteiger partial charge >= 0.3 is 0 Å². The average Bonchev–Trinajstić information content (AvgIpc) is 2.51. The molecule has 4 nitrogen and oxygen atoms in total. The Morgan fingerprint density at radius 2 is 1.86 bits per heavy atom. The standard InChI is InChI=1S/C15H16BrFN2O2/c1-20-10-4-6-14(21-2)12(8-10)15(19-18)11-7-9(17)3-5-13(11)16/h3-8,15,19H,18H2,1-2H3. The molecule has 0 aliphatic heterocycles. The number of nitrogens with one attached hydrogen (secondary N) is 1. The number of benzene rings is 2. The van der Waals surface area contributed by atoms with E-state index in [1.54, 1.807) is 38.5 Å². The van der Waals surface area contributed by atoms with Gasteiger partial charge in [-0.05, 0) is 42.0 Å². The molecule has 112 valence electrons. The van der Waals surface area contributed by atoms with Crippen molar-refractivity contribution < 1.29 is 13.9 Å². The van der Waals surface area contributed by atoms with Gasteiger partial charge in [-0.3, -0.25) is 5.84 Å². The fourth-order valence-corrected chi connectivity index (χ4v) is 2.62. The van der Waals surface area contributed by atoms with Crippen LogP contribution in [0.25, 0.3) is 0 Å². The van der Waals surface area contributed by atoms with Crippen molar-refractivity contribution in [2.45, 2.75) is 6.04 Å². The summed E-state index contributed by atoms with van der Waals surface area (Å²) in [7, 11) is 3.15. The van der Waals surface area contributed by atoms with Gasteiger partial charge in [0.15, 0.2) is 0 Å². The summed E-state index contributed by atoms with van der Waals surface area (Å²) in [4.78, 5) is 0. The molecule has 6 heteroatoms. The lowest BCUT2D eigenvalue weighted by atomic mass is 9.98. The van der Waals surface area contributed by atoms with Crippen LogP contribution in [0.3, 0.4) is 0 Å². The Balaban J connectivity index is 2.57. The van der Waals surface area contributed by atoms with Gasteiger partial charge in [0, 0.05) is 10.0 Å². The van der Waals surface area contributed by atoms with Gasteiger partial charge in [-0.1, -0.05) is 15.9 Å². The molecule has 0 spiro atoms. The number of hydrogen-bond donors (Lipinski definition) is 2. The van der Waals surface area contributed by atoms with Crippen LogP contribution in [0.1, 0.15) is 17.2 Å². The molecule has 21 heavy (non-hydrogen) atoms. The molecule has 0 aliphatic carbocycles. The molecule has 2 aromatic rings. The molecule has 1 atom stereocenters. The summed E-state index contributed by atoms with van der Waals surface area (Å²) in [5.41, 5.74) is 4.12. The fourth-order valence-electron chi connectivity index (χ4n) is 2.15. The van der Waals surface area contributed by atoms with E-state index in [0.717, 1.165) is 10.0 Å². The zero-order valence-corrected chi connectivity index (χ0v) is 13.3. The third kappa shape index (κ3) is 3.34. The second-order valence-electron chi connectivity index (χ2n) is 4.37. The minimum Gasteiger partial charge on any atom is -0.497 e. The van der Waals surface area contributed by atoms with Gasteiger partial charge < -0.3 is 9.47 Å². The number of methoxy groups -OCH3 is 2. The molecule has 3 N–H and O–H groups in total. The number of hydrogen-bond acceptors (Lipinski definition) is 4. The van der Waals surface area contributed by atoms with Crippen LogP contribution in [0.4, 0.5) is 4.39 Å². The highest BCUT2D eigenvalue weighted by Crippen LogP contribution is 2.35. The second kappa shape index (κ2) is 6.89. The largest absolute Gasteiger partial charge is 0.497 e. The molecule has 0 fully saturated rings. The van der Waals surface area contributed by atoms with Gasteiger partial charge in [0.25, 0.3) is 0 Å². The van der Waals surface area contributed by atoms with Crippen molar-refractivity contribution in [2.75, 3.05) is 14.2 Å². The van der Waals surface area contributed by atoms with E-state index in [9.17, 15) is 4.39 Å². The van der Waals surface area contributed by atoms with Crippen molar-refractivity contribution in [1.82, 2.24) is 5.43 Å². The van der Waals surface area contributed by atoms with Crippen molar-refractivity contribution in [3.05, 3.63) is 57.8 Å². The van der Waals surface area contributed by atoms with Crippen LogP contribution < -0.4 is 20.7 Å². The van der Waals surface area contributed by atoms with E-state index in [0.29, 0.717) is 17.1 Å². The van der Waals surface area contributed by atoms with Gasteiger partial charge in [-0.15, -0.1) is 0 Å². The molecule has 2 aromatic carbocycles. The Bertz CT molecular complexity index is 637. The third-order valence-corrected chi connectivity index (χ3v) is 3.91. The van der Waals surface area contributed by atoms with Gasteiger partial charge in [-0.2, -0.15) is 0 Å². The predicted octanol–water partition coefficient (Wildman–Crippen LogP) is 3.16. The molecule has 0 radical (unpaired) electrons. The number of rotatable bonds is 5. The SMILES string of the molecule is COc1ccc(OC)c(C(NN)c2cc(F)ccc2Br)c1. The van der Waals surface area contributed by atoms with Crippen LogP contribution >= 0.6 is 15.9 Å². The maximum atomic E-state index is 13.5. The Morgan fingerprint density at radius 3 is 2.48 bits per heavy atom. The third-order valence-electron chi connectivity index (χ3n) is 3.18. The van der Waals surface area contributed by atoms with E-state index in [-0.39, 0.29) is 5.82 Å². The highest BCUT2D eigenvalue weighted by atomic mass is 79.9. The van der Waals surface area contributed by atoms with Crippen LogP contribution in [-0.2, 0) is 0 Å². The minimum absolute atomic E-state index is 0.338. The highest BCUT2D eigenvalue weighted by Gasteiger charge is 2.20. The first kappa shape index (κ1) is 15.8. The van der Waals surface area contributed by atoms with Gasteiger partial charge in [-0.25, -0.2) is 9.82 Å². The first-order valence-electron chi connectivity index (χ1n) is 6.23. The lowest BCUT2D eigenvalue weighted by Gasteiger charge is -2.21. The second-order valence-corrected chi connectivity index (χ2v) is 5.23. The molecule has 0 amide bonds. The van der Waals surface area contributed by atoms with Gasteiger partial charge in [0.2, 0.25) is 0 Å². The molecule has 0 aliphatic rings. The molecular weight excluding hydrogens is 339 g/mol. The normalized spacial score (nSPS) is 12.0. The number of nitrogens with two attached hydrogens (primary N) is 1. The summed E-state index contributed by atoms with van der Waals surface area (Å²) in [5, 5.41) is 0. The topological polar surface area (TPSA) is 56.5 Å². The Morgan fingerprint density at radius 1 is 1.10 bits per heavy atom. The molecular formula is C15H16BrFN2O2. The zero-order valence-electron chi connectivity index (χ0n) is 11.7. The Kier molecular flexibility index (Phi) is 5.17. The van der Waals surface area contributed by atoms with Crippen molar-refractivity contribution in [3.63, 3.8) is 0 Å². The van der Waals surface area contributed by atoms with Crippen LogP contribution in [0, 0.1) is 5.82 Å². The van der Waals surface area contributed by atoms with E-state index < -0.39 is 6.04 Å². The molecule has 0 bridgehead atoms. The Labute approximate surface area is 131 Å². The summed E-state index contributed by atoms with van der Waals surface area (Å²) < 4.78 is 24.9. The Hall–Kier alpha value is -1.63. The van der Waals surface area contributed by atoms with E-state index in [1.807, 2.05) is 0 Å². The van der Waals surface area contributed by atoms with Crippen molar-refractivity contribution >= 4 is 15.9 Å².